The van der Waals surface area contributed by atoms with E-state index in [4.69, 9.17) is 0 Å². The molecule has 8 heteroatoms. The molecule has 0 atom stereocenters. The quantitative estimate of drug-likeness (QED) is 0.805. The molecule has 1 aliphatic heterocycles. The molecule has 0 saturated heterocycles. The highest BCUT2D eigenvalue weighted by Gasteiger charge is 2.26. The van der Waals surface area contributed by atoms with Crippen LogP contribution >= 0.6 is 0 Å². The van der Waals surface area contributed by atoms with Crippen molar-refractivity contribution in [2.75, 3.05) is 23.2 Å². The molecule has 0 aliphatic carbocycles. The molecule has 0 radical (unpaired) electrons. The molecule has 0 aromatic heterocycles. The van der Waals surface area contributed by atoms with Crippen molar-refractivity contribution in [3.8, 4) is 0 Å². The van der Waals surface area contributed by atoms with Crippen molar-refractivity contribution in [2.24, 2.45) is 0 Å². The van der Waals surface area contributed by atoms with Gasteiger partial charge in [0.05, 0.1) is 4.90 Å². The smallest absolute Gasteiger partial charge is 0.321 e. The van der Waals surface area contributed by atoms with Crippen LogP contribution in [0, 0.1) is 0 Å². The van der Waals surface area contributed by atoms with E-state index in [1.165, 1.54) is 13.0 Å². The van der Waals surface area contributed by atoms with E-state index in [9.17, 15) is 18.0 Å². The van der Waals surface area contributed by atoms with E-state index in [0.717, 1.165) is 5.56 Å². The summed E-state index contributed by atoms with van der Waals surface area (Å²) in [5.74, 6) is -0.0845. The van der Waals surface area contributed by atoms with Gasteiger partial charge in [-0.3, -0.25) is 14.4 Å². The van der Waals surface area contributed by atoms with Gasteiger partial charge in [0.2, 0.25) is 0 Å². The zero-order valence-corrected chi connectivity index (χ0v) is 15.3. The number of hydrogen-bond donors (Lipinski definition) is 2. The number of carbonyl (C=O) groups excluding carboxylic acids is 2. The first kappa shape index (κ1) is 17.9. The molecule has 2 amide bonds. The van der Waals surface area contributed by atoms with Crippen molar-refractivity contribution >= 4 is 33.2 Å². The van der Waals surface area contributed by atoms with E-state index in [0.29, 0.717) is 29.9 Å². The molecule has 0 spiro atoms. The first-order chi connectivity index (χ1) is 12.3. The molecule has 7 nitrogen and oxygen atoms in total. The summed E-state index contributed by atoms with van der Waals surface area (Å²) in [6.45, 7) is 1.96. The lowest BCUT2D eigenvalue weighted by atomic mass is 10.1. The molecule has 3 rings (SSSR count). The van der Waals surface area contributed by atoms with E-state index >= 15 is 0 Å². The van der Waals surface area contributed by atoms with E-state index in [2.05, 4.69) is 10.0 Å². The molecule has 1 heterocycles. The molecule has 2 N–H and O–H groups in total. The summed E-state index contributed by atoms with van der Waals surface area (Å²) in [7, 11) is -2.21. The lowest BCUT2D eigenvalue weighted by Crippen LogP contribution is -2.36. The maximum atomic E-state index is 12.6. The minimum Gasteiger partial charge on any atom is -0.341 e. The Morgan fingerprint density at radius 2 is 1.77 bits per heavy atom. The van der Waals surface area contributed by atoms with Crippen LogP contribution in [0.15, 0.2) is 47.4 Å². The second-order valence-electron chi connectivity index (χ2n) is 5.99. The van der Waals surface area contributed by atoms with Crippen LogP contribution in [0.3, 0.4) is 0 Å². The molecule has 26 heavy (non-hydrogen) atoms. The number of urea groups is 1. The number of benzene rings is 2. The van der Waals surface area contributed by atoms with Gasteiger partial charge in [-0.05, 0) is 61.4 Å². The number of anilines is 2. The normalized spacial score (nSPS) is 13.2. The van der Waals surface area contributed by atoms with Crippen molar-refractivity contribution in [1.82, 2.24) is 5.32 Å². The van der Waals surface area contributed by atoms with Crippen molar-refractivity contribution < 1.29 is 18.0 Å². The molecular weight excluding hydrogens is 354 g/mol. The van der Waals surface area contributed by atoms with Gasteiger partial charge in [0.1, 0.15) is 0 Å². The number of hydrogen-bond acceptors (Lipinski definition) is 4. The Hall–Kier alpha value is -2.87. The van der Waals surface area contributed by atoms with Crippen LogP contribution in [0.1, 0.15) is 22.8 Å². The van der Waals surface area contributed by atoms with Crippen molar-refractivity contribution in [3.05, 3.63) is 53.6 Å². The number of nitrogens with one attached hydrogen (secondary N) is 2. The number of amides is 2. The number of nitrogens with zero attached hydrogens (tertiary/aromatic N) is 1. The van der Waals surface area contributed by atoms with E-state index in [1.807, 2.05) is 0 Å². The summed E-state index contributed by atoms with van der Waals surface area (Å²) in [5, 5.41) is 2.57. The number of Topliss-reactive ketones (excluding diaryl/α,β-unsaturated/α-hetero) is 1. The van der Waals surface area contributed by atoms with Gasteiger partial charge in [-0.15, -0.1) is 0 Å². The maximum Gasteiger partial charge on any atom is 0.321 e. The molecule has 0 fully saturated rings. The van der Waals surface area contributed by atoms with Gasteiger partial charge >= 0.3 is 6.03 Å². The topological polar surface area (TPSA) is 95.6 Å². The summed E-state index contributed by atoms with van der Waals surface area (Å²) >= 11 is 0. The summed E-state index contributed by atoms with van der Waals surface area (Å²) < 4.78 is 27.7. The minimum atomic E-state index is -3.77. The van der Waals surface area contributed by atoms with E-state index in [-0.39, 0.29) is 16.7 Å². The standard InChI is InChI=1S/C18H19N3O4S/c1-12(22)13-3-5-15(6-4-13)20-26(24,25)16-7-8-17-14(11-16)9-10-21(17)18(23)19-2/h3-8,11,20H,9-10H2,1-2H3,(H,19,23). The van der Waals surface area contributed by atoms with Gasteiger partial charge in [-0.25, -0.2) is 13.2 Å². The van der Waals surface area contributed by atoms with Crippen LogP contribution < -0.4 is 14.9 Å². The minimum absolute atomic E-state index is 0.0845. The SMILES string of the molecule is CNC(=O)N1CCc2cc(S(=O)(=O)Nc3ccc(C(C)=O)cc3)ccc21. The van der Waals surface area contributed by atoms with Crippen molar-refractivity contribution in [1.29, 1.82) is 0 Å². The molecule has 2 aromatic rings. The Morgan fingerprint density at radius 3 is 2.38 bits per heavy atom. The van der Waals surface area contributed by atoms with E-state index < -0.39 is 10.0 Å². The lowest BCUT2D eigenvalue weighted by Gasteiger charge is -2.16. The molecule has 2 aromatic carbocycles. The summed E-state index contributed by atoms with van der Waals surface area (Å²) in [6.07, 6.45) is 0.597. The fourth-order valence-corrected chi connectivity index (χ4v) is 3.99. The third-order valence-corrected chi connectivity index (χ3v) is 5.64. The number of carbonyl (C=O) groups is 2. The van der Waals surface area contributed by atoms with Gasteiger partial charge in [0.25, 0.3) is 10.0 Å². The van der Waals surface area contributed by atoms with Gasteiger partial charge in [0, 0.05) is 30.5 Å². The fourth-order valence-electron chi connectivity index (χ4n) is 2.88. The first-order valence-corrected chi connectivity index (χ1v) is 9.56. The Balaban J connectivity index is 1.84. The van der Waals surface area contributed by atoms with Crippen LogP contribution in [-0.2, 0) is 16.4 Å². The molecule has 0 unspecified atom stereocenters. The monoisotopic (exact) mass is 373 g/mol. The molecule has 0 bridgehead atoms. The highest BCUT2D eigenvalue weighted by Crippen LogP contribution is 2.30. The third-order valence-electron chi connectivity index (χ3n) is 4.26. The third kappa shape index (κ3) is 3.41. The lowest BCUT2D eigenvalue weighted by molar-refractivity contribution is 0.101. The summed E-state index contributed by atoms with van der Waals surface area (Å²) in [6, 6.07) is 10.7. The number of sulfonamides is 1. The van der Waals surface area contributed by atoms with Crippen LogP contribution in [-0.4, -0.2) is 33.8 Å². The van der Waals surface area contributed by atoms with E-state index in [1.54, 1.807) is 48.3 Å². The predicted octanol–water partition coefficient (Wildman–Crippen LogP) is 2.39. The van der Waals surface area contributed by atoms with Crippen LogP contribution in [0.2, 0.25) is 0 Å². The fraction of sp³-hybridized carbons (Fsp3) is 0.222. The molecular formula is C18H19N3O4S. The number of fused-ring (bicyclic) bond motifs is 1. The number of rotatable bonds is 4. The largest absolute Gasteiger partial charge is 0.341 e. The Labute approximate surface area is 152 Å². The summed E-state index contributed by atoms with van der Waals surface area (Å²) in [5.41, 5.74) is 2.42. The average Bonchev–Trinajstić information content (AvgIpc) is 3.04. The second kappa shape index (κ2) is 6.80. The first-order valence-electron chi connectivity index (χ1n) is 8.08. The Morgan fingerprint density at radius 1 is 1.08 bits per heavy atom. The summed E-state index contributed by atoms with van der Waals surface area (Å²) in [4.78, 5) is 24.8. The zero-order valence-electron chi connectivity index (χ0n) is 14.4. The second-order valence-corrected chi connectivity index (χ2v) is 7.67. The zero-order chi connectivity index (χ0) is 18.9. The highest BCUT2D eigenvalue weighted by atomic mass is 32.2. The number of ketones is 1. The molecule has 1 aliphatic rings. The van der Waals surface area contributed by atoms with Crippen LogP contribution in [0.25, 0.3) is 0 Å². The maximum absolute atomic E-state index is 12.6. The molecule has 0 saturated carbocycles. The van der Waals surface area contributed by atoms with Gasteiger partial charge in [-0.1, -0.05) is 0 Å². The Kier molecular flexibility index (Phi) is 4.69. The molecule has 136 valence electrons. The van der Waals surface area contributed by atoms with Gasteiger partial charge in [0.15, 0.2) is 5.78 Å². The average molecular weight is 373 g/mol. The highest BCUT2D eigenvalue weighted by molar-refractivity contribution is 7.92. The van der Waals surface area contributed by atoms with Crippen molar-refractivity contribution in [3.63, 3.8) is 0 Å². The van der Waals surface area contributed by atoms with Gasteiger partial charge in [-0.2, -0.15) is 0 Å². The van der Waals surface area contributed by atoms with Gasteiger partial charge < -0.3 is 5.32 Å². The Bertz CT molecular complexity index is 968. The predicted molar refractivity (Wildman–Crippen MR) is 99.2 cm³/mol. The van der Waals surface area contributed by atoms with Crippen LogP contribution in [0.5, 0.6) is 0 Å². The van der Waals surface area contributed by atoms with Crippen molar-refractivity contribution in [2.45, 2.75) is 18.2 Å². The van der Waals surface area contributed by atoms with Crippen LogP contribution in [0.4, 0.5) is 16.2 Å².